The van der Waals surface area contributed by atoms with Crippen molar-refractivity contribution >= 4 is 13.3 Å². The third-order valence-electron chi connectivity index (χ3n) is 2.23. The molecule has 0 bridgehead atoms. The lowest BCUT2D eigenvalue weighted by molar-refractivity contribution is 0.507. The average Bonchev–Trinajstić information content (AvgIpc) is 1.97. The molecule has 0 nitrogen and oxygen atoms in total. The number of halogens is 2. The highest BCUT2D eigenvalue weighted by Crippen LogP contribution is 2.25. The molecule has 0 atom stereocenters. The molecule has 0 fully saturated rings. The van der Waals surface area contributed by atoms with Gasteiger partial charge in [0.25, 0.3) is 0 Å². The lowest BCUT2D eigenvalue weighted by Gasteiger charge is -2.23. The zero-order valence-electron chi connectivity index (χ0n) is 8.91. The molecule has 0 aliphatic carbocycles. The lowest BCUT2D eigenvalue weighted by Crippen LogP contribution is -2.26. The molecule has 0 saturated carbocycles. The third kappa shape index (κ3) is 1.81. The number of rotatable bonds is 0. The van der Waals surface area contributed by atoms with Gasteiger partial charge in [-0.25, -0.2) is 8.78 Å². The van der Waals surface area contributed by atoms with Crippen molar-refractivity contribution in [1.82, 2.24) is 0 Å². The van der Waals surface area contributed by atoms with Gasteiger partial charge in [-0.1, -0.05) is 26.2 Å². The Morgan fingerprint density at radius 3 is 2.14 bits per heavy atom. The van der Waals surface area contributed by atoms with Crippen molar-refractivity contribution in [1.29, 1.82) is 0 Å². The van der Waals surface area contributed by atoms with E-state index in [1.807, 2.05) is 20.8 Å². The summed E-state index contributed by atoms with van der Waals surface area (Å²) in [4.78, 5) is 0. The van der Waals surface area contributed by atoms with Gasteiger partial charge in [0, 0.05) is 5.56 Å². The third-order valence-corrected chi connectivity index (χ3v) is 2.23. The Hall–Kier alpha value is -0.855. The topological polar surface area (TPSA) is 0 Å². The molecule has 0 spiro atoms. The van der Waals surface area contributed by atoms with Crippen LogP contribution in [0.1, 0.15) is 31.9 Å². The average molecular weight is 194 g/mol. The van der Waals surface area contributed by atoms with Crippen LogP contribution in [0.3, 0.4) is 0 Å². The maximum atomic E-state index is 13.7. The van der Waals surface area contributed by atoms with E-state index in [-0.39, 0.29) is 11.0 Å². The lowest BCUT2D eigenvalue weighted by atomic mass is 9.76. The van der Waals surface area contributed by atoms with Gasteiger partial charge in [0.05, 0.1) is 0 Å². The summed E-state index contributed by atoms with van der Waals surface area (Å²) in [5.41, 5.74) is 0.186. The fourth-order valence-electron chi connectivity index (χ4n) is 1.50. The second-order valence-electron chi connectivity index (χ2n) is 4.51. The van der Waals surface area contributed by atoms with Crippen LogP contribution >= 0.6 is 0 Å². The molecule has 1 aromatic rings. The quantitative estimate of drug-likeness (QED) is 0.556. The summed E-state index contributed by atoms with van der Waals surface area (Å²) in [6, 6.07) is 1.18. The Morgan fingerprint density at radius 1 is 1.21 bits per heavy atom. The minimum absolute atomic E-state index is 0.0316. The summed E-state index contributed by atoms with van der Waals surface area (Å²) in [6.45, 7) is 6.96. The molecular weight excluding hydrogens is 181 g/mol. The van der Waals surface area contributed by atoms with Crippen LogP contribution in [-0.2, 0) is 5.41 Å². The Bertz CT molecular complexity index is 365. The molecule has 74 valence electrons. The Morgan fingerprint density at radius 2 is 1.71 bits per heavy atom. The first-order valence-corrected chi connectivity index (χ1v) is 4.49. The van der Waals surface area contributed by atoms with Gasteiger partial charge < -0.3 is 0 Å². The first-order chi connectivity index (χ1) is 6.25. The highest BCUT2D eigenvalue weighted by atomic mass is 19.1. The Labute approximate surface area is 84.7 Å². The largest absolute Gasteiger partial charge is 0.207 e. The minimum Gasteiger partial charge on any atom is -0.207 e. The van der Waals surface area contributed by atoms with Gasteiger partial charge in [-0.05, 0) is 24.0 Å². The van der Waals surface area contributed by atoms with Crippen molar-refractivity contribution in [2.75, 3.05) is 0 Å². The number of hydrogen-bond acceptors (Lipinski definition) is 0. The van der Waals surface area contributed by atoms with Gasteiger partial charge in [-0.15, -0.1) is 0 Å². The monoisotopic (exact) mass is 194 g/mol. The van der Waals surface area contributed by atoms with E-state index >= 15 is 0 Å². The highest BCUT2D eigenvalue weighted by Gasteiger charge is 2.23. The Kier molecular flexibility index (Phi) is 2.70. The van der Waals surface area contributed by atoms with E-state index in [9.17, 15) is 8.78 Å². The van der Waals surface area contributed by atoms with Crippen LogP contribution in [0.15, 0.2) is 6.07 Å². The van der Waals surface area contributed by atoms with Crippen LogP contribution in [-0.4, -0.2) is 7.85 Å². The van der Waals surface area contributed by atoms with Gasteiger partial charge in [0.1, 0.15) is 19.5 Å². The predicted octanol–water partition coefficient (Wildman–Crippen LogP) is 2.36. The van der Waals surface area contributed by atoms with E-state index in [4.69, 9.17) is 7.85 Å². The summed E-state index contributed by atoms with van der Waals surface area (Å²) >= 11 is 0. The molecule has 1 aromatic carbocycles. The van der Waals surface area contributed by atoms with Gasteiger partial charge in [-0.3, -0.25) is 0 Å². The van der Waals surface area contributed by atoms with Crippen LogP contribution < -0.4 is 5.46 Å². The summed E-state index contributed by atoms with van der Waals surface area (Å²) in [5, 5.41) is 0. The smallest absolute Gasteiger partial charge is 0.132 e. The van der Waals surface area contributed by atoms with Gasteiger partial charge in [-0.2, -0.15) is 0 Å². The van der Waals surface area contributed by atoms with E-state index in [0.29, 0.717) is 5.56 Å². The Balaban J connectivity index is 3.53. The van der Waals surface area contributed by atoms with E-state index in [2.05, 4.69) is 0 Å². The van der Waals surface area contributed by atoms with Gasteiger partial charge in [0.2, 0.25) is 0 Å². The first-order valence-electron chi connectivity index (χ1n) is 4.49. The van der Waals surface area contributed by atoms with Gasteiger partial charge in [0.15, 0.2) is 0 Å². The molecule has 0 aliphatic heterocycles. The molecular formula is C11H13BF2. The van der Waals surface area contributed by atoms with E-state index in [1.54, 1.807) is 0 Å². The summed E-state index contributed by atoms with van der Waals surface area (Å²) in [6.07, 6.45) is 0. The molecule has 0 aromatic heterocycles. The fraction of sp³-hybridized carbons (Fsp3) is 0.455. The molecule has 0 saturated heterocycles. The summed E-state index contributed by atoms with van der Waals surface area (Å²) in [5.74, 6) is -1.12. The maximum Gasteiger partial charge on any atom is 0.132 e. The second kappa shape index (κ2) is 3.37. The first kappa shape index (κ1) is 11.2. The zero-order chi connectivity index (χ0) is 11.1. The fourth-order valence-corrected chi connectivity index (χ4v) is 1.50. The number of benzene rings is 1. The van der Waals surface area contributed by atoms with Crippen molar-refractivity contribution in [3.05, 3.63) is 28.8 Å². The maximum absolute atomic E-state index is 13.7. The standard InChI is InChI=1S/C11H13BF2/c1-6-8(13)5-7(12)9(10(6)14)11(2,3)4/h5H,1-4H3. The van der Waals surface area contributed by atoms with Crippen molar-refractivity contribution in [2.45, 2.75) is 33.1 Å². The van der Waals surface area contributed by atoms with Crippen molar-refractivity contribution in [3.63, 3.8) is 0 Å². The molecule has 2 radical (unpaired) electrons. The summed E-state index contributed by atoms with van der Waals surface area (Å²) < 4.78 is 26.8. The normalized spacial score (nSPS) is 11.9. The van der Waals surface area contributed by atoms with Crippen LogP contribution in [0.4, 0.5) is 8.78 Å². The molecule has 14 heavy (non-hydrogen) atoms. The number of hydrogen-bond donors (Lipinski definition) is 0. The predicted molar refractivity (Wildman–Crippen MR) is 55.2 cm³/mol. The van der Waals surface area contributed by atoms with Gasteiger partial charge >= 0.3 is 0 Å². The van der Waals surface area contributed by atoms with Crippen LogP contribution in [0.5, 0.6) is 0 Å². The van der Waals surface area contributed by atoms with Crippen molar-refractivity contribution in [3.8, 4) is 0 Å². The SMILES string of the molecule is [B]c1cc(F)c(C)c(F)c1C(C)(C)C. The van der Waals surface area contributed by atoms with Crippen molar-refractivity contribution < 1.29 is 8.78 Å². The highest BCUT2D eigenvalue weighted by molar-refractivity contribution is 6.33. The van der Waals surface area contributed by atoms with Crippen molar-refractivity contribution in [2.24, 2.45) is 0 Å². The van der Waals surface area contributed by atoms with E-state index in [1.165, 1.54) is 13.0 Å². The molecule has 0 unspecified atom stereocenters. The minimum atomic E-state index is -0.590. The van der Waals surface area contributed by atoms with Crippen LogP contribution in [0, 0.1) is 18.6 Å². The molecule has 0 amide bonds. The molecule has 0 heterocycles. The molecule has 3 heteroatoms. The van der Waals surface area contributed by atoms with Crippen LogP contribution in [0.2, 0.25) is 0 Å². The van der Waals surface area contributed by atoms with Crippen LogP contribution in [0.25, 0.3) is 0 Å². The van der Waals surface area contributed by atoms with E-state index in [0.717, 1.165) is 0 Å². The molecule has 0 N–H and O–H groups in total. The molecule has 0 aliphatic rings. The molecule has 1 rings (SSSR count). The van der Waals surface area contributed by atoms with E-state index < -0.39 is 17.0 Å². The summed E-state index contributed by atoms with van der Waals surface area (Å²) in [7, 11) is 5.60. The zero-order valence-corrected chi connectivity index (χ0v) is 8.91. The second-order valence-corrected chi connectivity index (χ2v) is 4.51.